The topological polar surface area (TPSA) is 59.8 Å². The number of para-hydroxylation sites is 1. The molecule has 1 amide bonds. The maximum Gasteiger partial charge on any atom is 0.225 e. The monoisotopic (exact) mass is 332 g/mol. The molecule has 0 unspecified atom stereocenters. The van der Waals surface area contributed by atoms with Crippen molar-refractivity contribution in [2.24, 2.45) is 0 Å². The second-order valence-electron chi connectivity index (χ2n) is 5.32. The molecular formula is C16H17FN4OS. The first-order valence-corrected chi connectivity index (χ1v) is 8.32. The zero-order chi connectivity index (χ0) is 16.4. The number of aryl methyl sites for hydroxylation is 1. The van der Waals surface area contributed by atoms with Gasteiger partial charge in [0.1, 0.15) is 17.2 Å². The highest BCUT2D eigenvalue weighted by atomic mass is 32.1. The first-order chi connectivity index (χ1) is 11.1. The van der Waals surface area contributed by atoms with Crippen molar-refractivity contribution in [3.05, 3.63) is 35.8 Å². The Hall–Kier alpha value is -2.28. The zero-order valence-corrected chi connectivity index (χ0v) is 13.8. The van der Waals surface area contributed by atoms with E-state index < -0.39 is 0 Å². The smallest absolute Gasteiger partial charge is 0.225 e. The van der Waals surface area contributed by atoms with Crippen LogP contribution in [0.3, 0.4) is 0 Å². The molecule has 0 saturated carbocycles. The summed E-state index contributed by atoms with van der Waals surface area (Å²) in [7, 11) is 0. The summed E-state index contributed by atoms with van der Waals surface area (Å²) in [5.41, 5.74) is 1.08. The summed E-state index contributed by atoms with van der Waals surface area (Å²) in [6.07, 6.45) is 2.27. The number of benzene rings is 1. The third-order valence-electron chi connectivity index (χ3n) is 3.40. The van der Waals surface area contributed by atoms with Crippen LogP contribution in [0.5, 0.6) is 0 Å². The molecule has 0 aliphatic carbocycles. The van der Waals surface area contributed by atoms with Gasteiger partial charge in [-0.2, -0.15) is 9.78 Å². The van der Waals surface area contributed by atoms with Gasteiger partial charge in [-0.05, 0) is 25.5 Å². The Morgan fingerprint density at radius 3 is 3.00 bits per heavy atom. The SMILES string of the molecule is CCCCC(=O)Nc1cc(C)nn1-c1nc2c(F)cccc2s1. The van der Waals surface area contributed by atoms with Crippen LogP contribution >= 0.6 is 11.3 Å². The van der Waals surface area contributed by atoms with E-state index >= 15 is 0 Å². The lowest BCUT2D eigenvalue weighted by Crippen LogP contribution is -2.14. The lowest BCUT2D eigenvalue weighted by Gasteiger charge is -2.05. The average molecular weight is 332 g/mol. The second-order valence-corrected chi connectivity index (χ2v) is 6.33. The van der Waals surface area contributed by atoms with Crippen LogP contribution in [0.1, 0.15) is 31.9 Å². The van der Waals surface area contributed by atoms with Gasteiger partial charge in [-0.1, -0.05) is 30.7 Å². The summed E-state index contributed by atoms with van der Waals surface area (Å²) in [5.74, 6) is 0.144. The molecular weight excluding hydrogens is 315 g/mol. The van der Waals surface area contributed by atoms with E-state index in [9.17, 15) is 9.18 Å². The van der Waals surface area contributed by atoms with E-state index in [1.807, 2.05) is 19.9 Å². The minimum atomic E-state index is -0.359. The van der Waals surface area contributed by atoms with E-state index in [1.165, 1.54) is 17.4 Å². The van der Waals surface area contributed by atoms with Crippen molar-refractivity contribution in [2.45, 2.75) is 33.1 Å². The van der Waals surface area contributed by atoms with E-state index in [2.05, 4.69) is 15.4 Å². The van der Waals surface area contributed by atoms with Crippen molar-refractivity contribution in [3.8, 4) is 5.13 Å². The number of halogens is 1. The number of hydrogen-bond acceptors (Lipinski definition) is 4. The number of carbonyl (C=O) groups excluding carboxylic acids is 1. The molecule has 7 heteroatoms. The Balaban J connectivity index is 1.95. The van der Waals surface area contributed by atoms with Gasteiger partial charge >= 0.3 is 0 Å². The molecule has 120 valence electrons. The van der Waals surface area contributed by atoms with Gasteiger partial charge in [0, 0.05) is 12.5 Å². The molecule has 1 N–H and O–H groups in total. The van der Waals surface area contributed by atoms with Gasteiger partial charge in [0.05, 0.1) is 10.4 Å². The molecule has 2 aromatic heterocycles. The molecule has 1 aromatic carbocycles. The van der Waals surface area contributed by atoms with Crippen molar-refractivity contribution >= 4 is 33.3 Å². The van der Waals surface area contributed by atoms with Gasteiger partial charge in [0.2, 0.25) is 11.0 Å². The maximum atomic E-state index is 13.8. The Kier molecular flexibility index (Phi) is 4.38. The van der Waals surface area contributed by atoms with Gasteiger partial charge in [-0.25, -0.2) is 9.37 Å². The highest BCUT2D eigenvalue weighted by Gasteiger charge is 2.15. The molecule has 0 saturated heterocycles. The van der Waals surface area contributed by atoms with Crippen molar-refractivity contribution in [3.63, 3.8) is 0 Å². The standard InChI is InChI=1S/C16H17FN4OS/c1-3-4-8-14(22)18-13-9-10(2)20-21(13)16-19-15-11(17)6-5-7-12(15)23-16/h5-7,9H,3-4,8H2,1-2H3,(H,18,22). The van der Waals surface area contributed by atoms with Crippen molar-refractivity contribution in [1.29, 1.82) is 0 Å². The third-order valence-corrected chi connectivity index (χ3v) is 4.39. The van der Waals surface area contributed by atoms with Crippen molar-refractivity contribution in [1.82, 2.24) is 14.8 Å². The number of nitrogens with zero attached hydrogens (tertiary/aromatic N) is 3. The maximum absolute atomic E-state index is 13.8. The van der Waals surface area contributed by atoms with Gasteiger partial charge in [0.15, 0.2) is 0 Å². The molecule has 5 nitrogen and oxygen atoms in total. The van der Waals surface area contributed by atoms with Crippen LogP contribution in [0.2, 0.25) is 0 Å². The molecule has 0 fully saturated rings. The molecule has 0 aliphatic heterocycles. The van der Waals surface area contributed by atoms with Gasteiger partial charge < -0.3 is 5.32 Å². The molecule has 0 spiro atoms. The van der Waals surface area contributed by atoms with Crippen LogP contribution in [0.15, 0.2) is 24.3 Å². The summed E-state index contributed by atoms with van der Waals surface area (Å²) >= 11 is 1.34. The molecule has 0 bridgehead atoms. The Labute approximate surface area is 137 Å². The third kappa shape index (κ3) is 3.24. The Morgan fingerprint density at radius 1 is 1.43 bits per heavy atom. The van der Waals surface area contributed by atoms with Crippen LogP contribution in [-0.4, -0.2) is 20.7 Å². The summed E-state index contributed by atoms with van der Waals surface area (Å²) < 4.78 is 16.1. The number of aromatic nitrogens is 3. The fraction of sp³-hybridized carbons (Fsp3) is 0.312. The number of carbonyl (C=O) groups is 1. The lowest BCUT2D eigenvalue weighted by atomic mass is 10.2. The number of amides is 1. The normalized spacial score (nSPS) is 11.1. The number of unbranched alkanes of at least 4 members (excludes halogenated alkanes) is 1. The molecule has 0 aliphatic rings. The van der Waals surface area contributed by atoms with Crippen LogP contribution in [-0.2, 0) is 4.79 Å². The second kappa shape index (κ2) is 6.45. The number of nitrogens with one attached hydrogen (secondary N) is 1. The first-order valence-electron chi connectivity index (χ1n) is 7.50. The summed E-state index contributed by atoms with van der Waals surface area (Å²) in [4.78, 5) is 16.3. The highest BCUT2D eigenvalue weighted by molar-refractivity contribution is 7.20. The average Bonchev–Trinajstić information content (AvgIpc) is 3.09. The highest BCUT2D eigenvalue weighted by Crippen LogP contribution is 2.28. The predicted molar refractivity (Wildman–Crippen MR) is 89.6 cm³/mol. The largest absolute Gasteiger partial charge is 0.311 e. The number of rotatable bonds is 5. The van der Waals surface area contributed by atoms with Gasteiger partial charge in [0.25, 0.3) is 0 Å². The fourth-order valence-corrected chi connectivity index (χ4v) is 3.22. The molecule has 3 aromatic rings. The summed E-state index contributed by atoms with van der Waals surface area (Å²) in [6.45, 7) is 3.88. The quantitative estimate of drug-likeness (QED) is 0.766. The molecule has 0 atom stereocenters. The van der Waals surface area contributed by atoms with E-state index in [-0.39, 0.29) is 11.7 Å². The van der Waals surface area contributed by atoms with E-state index in [0.29, 0.717) is 22.9 Å². The Bertz CT molecular complexity index is 855. The summed E-state index contributed by atoms with van der Waals surface area (Å²) in [6, 6.07) is 6.64. The lowest BCUT2D eigenvalue weighted by molar-refractivity contribution is -0.116. The van der Waals surface area contributed by atoms with E-state index in [0.717, 1.165) is 23.2 Å². The van der Waals surface area contributed by atoms with Gasteiger partial charge in [-0.3, -0.25) is 4.79 Å². The van der Waals surface area contributed by atoms with E-state index in [4.69, 9.17) is 0 Å². The number of fused-ring (bicyclic) bond motifs is 1. The fourth-order valence-electron chi connectivity index (χ4n) is 2.27. The minimum Gasteiger partial charge on any atom is -0.311 e. The molecule has 3 rings (SSSR count). The van der Waals surface area contributed by atoms with E-state index in [1.54, 1.807) is 16.8 Å². The van der Waals surface area contributed by atoms with Crippen LogP contribution in [0.25, 0.3) is 15.3 Å². The molecule has 23 heavy (non-hydrogen) atoms. The number of hydrogen-bond donors (Lipinski definition) is 1. The van der Waals surface area contributed by atoms with Crippen LogP contribution < -0.4 is 5.32 Å². The van der Waals surface area contributed by atoms with Crippen LogP contribution in [0, 0.1) is 12.7 Å². The number of thiazole rings is 1. The van der Waals surface area contributed by atoms with Crippen LogP contribution in [0.4, 0.5) is 10.2 Å². The molecule has 0 radical (unpaired) electrons. The summed E-state index contributed by atoms with van der Waals surface area (Å²) in [5, 5.41) is 7.76. The van der Waals surface area contributed by atoms with Crippen molar-refractivity contribution < 1.29 is 9.18 Å². The first kappa shape index (κ1) is 15.6. The molecule has 2 heterocycles. The minimum absolute atomic E-state index is 0.0553. The number of anilines is 1. The van der Waals surface area contributed by atoms with Crippen molar-refractivity contribution in [2.75, 3.05) is 5.32 Å². The predicted octanol–water partition coefficient (Wildman–Crippen LogP) is 4.06. The Morgan fingerprint density at radius 2 is 2.26 bits per heavy atom. The zero-order valence-electron chi connectivity index (χ0n) is 13.0. The van der Waals surface area contributed by atoms with Gasteiger partial charge in [-0.15, -0.1) is 0 Å².